The summed E-state index contributed by atoms with van der Waals surface area (Å²) in [6.45, 7) is 3.45. The summed E-state index contributed by atoms with van der Waals surface area (Å²) >= 11 is 0. The van der Waals surface area contributed by atoms with E-state index in [-0.39, 0.29) is 11.8 Å². The SMILES string of the molecule is C/C(=C/C(=O)NCC1CCN(S(=O)(=O)c2ccccc2)CC1)c1ccccc1. The van der Waals surface area contributed by atoms with Gasteiger partial charge in [0.2, 0.25) is 15.9 Å². The average Bonchev–Trinajstić information content (AvgIpc) is 2.74. The molecule has 1 amide bonds. The van der Waals surface area contributed by atoms with Crippen molar-refractivity contribution in [3.05, 3.63) is 72.3 Å². The molecule has 0 aromatic heterocycles. The summed E-state index contributed by atoms with van der Waals surface area (Å²) in [7, 11) is -3.43. The quantitative estimate of drug-likeness (QED) is 0.759. The van der Waals surface area contributed by atoms with Crippen molar-refractivity contribution in [1.29, 1.82) is 0 Å². The minimum atomic E-state index is -3.43. The molecule has 0 atom stereocenters. The van der Waals surface area contributed by atoms with E-state index < -0.39 is 10.0 Å². The highest BCUT2D eigenvalue weighted by molar-refractivity contribution is 7.89. The Morgan fingerprint density at radius 2 is 1.61 bits per heavy atom. The molecule has 1 saturated heterocycles. The van der Waals surface area contributed by atoms with Crippen molar-refractivity contribution in [3.8, 4) is 0 Å². The summed E-state index contributed by atoms with van der Waals surface area (Å²) < 4.78 is 26.9. The van der Waals surface area contributed by atoms with Gasteiger partial charge < -0.3 is 5.32 Å². The van der Waals surface area contributed by atoms with Gasteiger partial charge in [0.25, 0.3) is 0 Å². The number of piperidine rings is 1. The summed E-state index contributed by atoms with van der Waals surface area (Å²) in [4.78, 5) is 12.5. The zero-order chi connectivity index (χ0) is 20.0. The Morgan fingerprint density at radius 3 is 2.21 bits per heavy atom. The second-order valence-electron chi connectivity index (χ2n) is 7.10. The minimum absolute atomic E-state index is 0.110. The van der Waals surface area contributed by atoms with Gasteiger partial charge in [-0.15, -0.1) is 0 Å². The maximum Gasteiger partial charge on any atom is 0.244 e. The van der Waals surface area contributed by atoms with E-state index in [1.54, 1.807) is 34.6 Å². The molecule has 2 aromatic carbocycles. The highest BCUT2D eigenvalue weighted by Gasteiger charge is 2.29. The number of rotatable bonds is 6. The second-order valence-corrected chi connectivity index (χ2v) is 9.04. The van der Waals surface area contributed by atoms with E-state index in [2.05, 4.69) is 5.32 Å². The van der Waals surface area contributed by atoms with Gasteiger partial charge in [-0.05, 0) is 49.0 Å². The van der Waals surface area contributed by atoms with Crippen LogP contribution in [-0.2, 0) is 14.8 Å². The zero-order valence-electron chi connectivity index (χ0n) is 16.0. The van der Waals surface area contributed by atoms with Gasteiger partial charge >= 0.3 is 0 Å². The van der Waals surface area contributed by atoms with Crippen molar-refractivity contribution in [2.75, 3.05) is 19.6 Å². The number of amides is 1. The first-order valence-corrected chi connectivity index (χ1v) is 11.0. The summed E-state index contributed by atoms with van der Waals surface area (Å²) in [6.07, 6.45) is 3.10. The number of nitrogens with one attached hydrogen (secondary N) is 1. The van der Waals surface area contributed by atoms with Crippen molar-refractivity contribution >= 4 is 21.5 Å². The third-order valence-corrected chi connectivity index (χ3v) is 7.01. The summed E-state index contributed by atoms with van der Waals surface area (Å²) in [6, 6.07) is 18.3. The van der Waals surface area contributed by atoms with E-state index >= 15 is 0 Å². The molecule has 6 heteroatoms. The predicted molar refractivity (Wildman–Crippen MR) is 111 cm³/mol. The van der Waals surface area contributed by atoms with Crippen LogP contribution in [0.2, 0.25) is 0 Å². The molecule has 0 bridgehead atoms. The molecule has 148 valence electrons. The molecular formula is C22H26N2O3S. The van der Waals surface area contributed by atoms with Gasteiger partial charge in [0.1, 0.15) is 0 Å². The maximum absolute atomic E-state index is 12.7. The van der Waals surface area contributed by atoms with Crippen LogP contribution in [0.5, 0.6) is 0 Å². The molecule has 0 radical (unpaired) electrons. The van der Waals surface area contributed by atoms with Crippen LogP contribution in [0.4, 0.5) is 0 Å². The Hall–Kier alpha value is -2.44. The van der Waals surface area contributed by atoms with E-state index in [9.17, 15) is 13.2 Å². The van der Waals surface area contributed by atoms with Gasteiger partial charge in [-0.3, -0.25) is 4.79 Å². The van der Waals surface area contributed by atoms with Crippen LogP contribution < -0.4 is 5.32 Å². The molecule has 3 rings (SSSR count). The van der Waals surface area contributed by atoms with Crippen LogP contribution in [0.25, 0.3) is 5.57 Å². The van der Waals surface area contributed by atoms with Gasteiger partial charge in [-0.25, -0.2) is 8.42 Å². The molecule has 0 spiro atoms. The maximum atomic E-state index is 12.7. The molecule has 1 N–H and O–H groups in total. The number of hydrogen-bond donors (Lipinski definition) is 1. The largest absolute Gasteiger partial charge is 0.352 e. The minimum Gasteiger partial charge on any atom is -0.352 e. The molecule has 1 aliphatic rings. The molecule has 1 heterocycles. The van der Waals surface area contributed by atoms with Crippen LogP contribution in [0.15, 0.2) is 71.6 Å². The van der Waals surface area contributed by atoms with E-state index in [0.29, 0.717) is 24.5 Å². The zero-order valence-corrected chi connectivity index (χ0v) is 16.9. The topological polar surface area (TPSA) is 66.5 Å². The van der Waals surface area contributed by atoms with Crippen LogP contribution in [0.1, 0.15) is 25.3 Å². The number of sulfonamides is 1. The highest BCUT2D eigenvalue weighted by atomic mass is 32.2. The predicted octanol–water partition coefficient (Wildman–Crippen LogP) is 3.31. The van der Waals surface area contributed by atoms with Crippen molar-refractivity contribution in [3.63, 3.8) is 0 Å². The standard InChI is InChI=1S/C22H26N2O3S/c1-18(20-8-4-2-5-9-20)16-22(25)23-17-19-12-14-24(15-13-19)28(26,27)21-10-6-3-7-11-21/h2-11,16,19H,12-15,17H2,1H3,(H,23,25)/b18-16-. The lowest BCUT2D eigenvalue weighted by molar-refractivity contribution is -0.116. The number of nitrogens with zero attached hydrogens (tertiary/aromatic N) is 1. The van der Waals surface area contributed by atoms with Crippen molar-refractivity contribution in [2.24, 2.45) is 5.92 Å². The molecule has 1 aliphatic heterocycles. The van der Waals surface area contributed by atoms with E-state index in [4.69, 9.17) is 0 Å². The molecule has 0 saturated carbocycles. The lowest BCUT2D eigenvalue weighted by atomic mass is 9.98. The number of allylic oxidation sites excluding steroid dienone is 1. The third kappa shape index (κ3) is 5.09. The number of benzene rings is 2. The fourth-order valence-corrected chi connectivity index (χ4v) is 4.86. The Morgan fingerprint density at radius 1 is 1.04 bits per heavy atom. The third-order valence-electron chi connectivity index (χ3n) is 5.10. The molecule has 28 heavy (non-hydrogen) atoms. The molecule has 5 nitrogen and oxygen atoms in total. The van der Waals surface area contributed by atoms with Crippen LogP contribution >= 0.6 is 0 Å². The van der Waals surface area contributed by atoms with Crippen molar-refractivity contribution in [2.45, 2.75) is 24.7 Å². The molecule has 2 aromatic rings. The summed E-state index contributed by atoms with van der Waals surface area (Å²) in [5.41, 5.74) is 1.94. The fraction of sp³-hybridized carbons (Fsp3) is 0.318. The fourth-order valence-electron chi connectivity index (χ4n) is 3.37. The number of carbonyl (C=O) groups excluding carboxylic acids is 1. The Labute approximate surface area is 167 Å². The van der Waals surface area contributed by atoms with Gasteiger partial charge in [-0.2, -0.15) is 4.31 Å². The van der Waals surface area contributed by atoms with E-state index in [0.717, 1.165) is 24.0 Å². The van der Waals surface area contributed by atoms with Crippen LogP contribution in [-0.4, -0.2) is 38.3 Å². The lowest BCUT2D eigenvalue weighted by Gasteiger charge is -2.31. The Kier molecular flexibility index (Phi) is 6.65. The first-order valence-electron chi connectivity index (χ1n) is 9.53. The summed E-state index contributed by atoms with van der Waals surface area (Å²) in [5.74, 6) is 0.178. The van der Waals surface area contributed by atoms with E-state index in [1.807, 2.05) is 43.3 Å². The highest BCUT2D eigenvalue weighted by Crippen LogP contribution is 2.23. The monoisotopic (exact) mass is 398 g/mol. The normalized spacial score (nSPS) is 16.7. The second kappa shape index (κ2) is 9.17. The van der Waals surface area contributed by atoms with Gasteiger partial charge in [-0.1, -0.05) is 48.5 Å². The number of carbonyl (C=O) groups is 1. The molecule has 1 fully saturated rings. The molecule has 0 aliphatic carbocycles. The smallest absolute Gasteiger partial charge is 0.244 e. The van der Waals surface area contributed by atoms with Gasteiger partial charge in [0, 0.05) is 25.7 Å². The number of hydrogen-bond acceptors (Lipinski definition) is 3. The lowest BCUT2D eigenvalue weighted by Crippen LogP contribution is -2.41. The van der Waals surface area contributed by atoms with Gasteiger partial charge in [0.15, 0.2) is 0 Å². The first kappa shape index (κ1) is 20.3. The van der Waals surface area contributed by atoms with Crippen molar-refractivity contribution < 1.29 is 13.2 Å². The van der Waals surface area contributed by atoms with Crippen LogP contribution in [0.3, 0.4) is 0 Å². The van der Waals surface area contributed by atoms with Gasteiger partial charge in [0.05, 0.1) is 4.90 Å². The average molecular weight is 399 g/mol. The Bertz CT molecular complexity index is 917. The van der Waals surface area contributed by atoms with Crippen LogP contribution in [0, 0.1) is 5.92 Å². The first-order chi connectivity index (χ1) is 13.5. The van der Waals surface area contributed by atoms with Crippen molar-refractivity contribution in [1.82, 2.24) is 9.62 Å². The summed E-state index contributed by atoms with van der Waals surface area (Å²) in [5, 5.41) is 2.96. The van der Waals surface area contributed by atoms with E-state index in [1.165, 1.54) is 0 Å². The molecular weight excluding hydrogens is 372 g/mol. The molecule has 0 unspecified atom stereocenters. The Balaban J connectivity index is 1.49.